The first-order chi connectivity index (χ1) is 7.58. The van der Waals surface area contributed by atoms with Gasteiger partial charge in [-0.15, -0.1) is 0 Å². The first-order valence-electron chi connectivity index (χ1n) is 5.64. The number of amides is 1. The van der Waals surface area contributed by atoms with E-state index in [9.17, 15) is 4.79 Å². The third-order valence-electron chi connectivity index (χ3n) is 3.03. The minimum absolute atomic E-state index is 0.0828. The minimum Gasteiger partial charge on any atom is -0.352 e. The average Bonchev–Trinajstić information content (AvgIpc) is 2.57. The molecule has 1 N–H and O–H groups in total. The van der Waals surface area contributed by atoms with E-state index in [1.807, 2.05) is 6.08 Å². The Balaban J connectivity index is 2.45. The van der Waals surface area contributed by atoms with Crippen molar-refractivity contribution in [3.8, 4) is 0 Å². The SMILES string of the molecule is Cc1cc(C)c(/C=C2/CCNC2=O)c(C)c1. The molecule has 2 rings (SSSR count). The molecule has 0 atom stereocenters. The van der Waals surface area contributed by atoms with Crippen molar-refractivity contribution >= 4 is 12.0 Å². The highest BCUT2D eigenvalue weighted by atomic mass is 16.1. The van der Waals surface area contributed by atoms with Crippen molar-refractivity contribution in [2.45, 2.75) is 27.2 Å². The van der Waals surface area contributed by atoms with Crippen LogP contribution in [-0.4, -0.2) is 12.5 Å². The highest BCUT2D eigenvalue weighted by Crippen LogP contribution is 2.21. The molecule has 1 aliphatic rings. The van der Waals surface area contributed by atoms with Crippen molar-refractivity contribution in [3.63, 3.8) is 0 Å². The Hall–Kier alpha value is -1.57. The highest BCUT2D eigenvalue weighted by Gasteiger charge is 2.16. The molecule has 0 aliphatic carbocycles. The molecule has 0 spiro atoms. The summed E-state index contributed by atoms with van der Waals surface area (Å²) in [6.07, 6.45) is 2.87. The summed E-state index contributed by atoms with van der Waals surface area (Å²) in [5.74, 6) is 0.0828. The molecule has 1 aromatic rings. The Kier molecular flexibility index (Phi) is 2.82. The molecule has 1 amide bonds. The number of nitrogens with one attached hydrogen (secondary N) is 1. The van der Waals surface area contributed by atoms with Gasteiger partial charge in [-0.3, -0.25) is 4.79 Å². The van der Waals surface area contributed by atoms with Gasteiger partial charge in [0.25, 0.3) is 0 Å². The third-order valence-corrected chi connectivity index (χ3v) is 3.03. The van der Waals surface area contributed by atoms with Gasteiger partial charge in [0.2, 0.25) is 5.91 Å². The summed E-state index contributed by atoms with van der Waals surface area (Å²) in [5.41, 5.74) is 5.84. The fourth-order valence-corrected chi connectivity index (χ4v) is 2.27. The maximum absolute atomic E-state index is 11.5. The molecule has 0 saturated carbocycles. The molecule has 1 saturated heterocycles. The van der Waals surface area contributed by atoms with Gasteiger partial charge < -0.3 is 5.32 Å². The van der Waals surface area contributed by atoms with Gasteiger partial charge >= 0.3 is 0 Å². The van der Waals surface area contributed by atoms with Gasteiger partial charge in [0.15, 0.2) is 0 Å². The second-order valence-corrected chi connectivity index (χ2v) is 4.49. The Labute approximate surface area is 96.4 Å². The van der Waals surface area contributed by atoms with Gasteiger partial charge in [-0.05, 0) is 50.0 Å². The number of rotatable bonds is 1. The Bertz CT molecular complexity index is 449. The summed E-state index contributed by atoms with van der Waals surface area (Å²) >= 11 is 0. The van der Waals surface area contributed by atoms with Gasteiger partial charge in [-0.25, -0.2) is 0 Å². The molecule has 2 heteroatoms. The van der Waals surface area contributed by atoms with Gasteiger partial charge in [0.1, 0.15) is 0 Å². The van der Waals surface area contributed by atoms with Crippen molar-refractivity contribution in [1.82, 2.24) is 5.32 Å². The highest BCUT2D eigenvalue weighted by molar-refractivity contribution is 6.00. The normalized spacial score (nSPS) is 17.9. The summed E-state index contributed by atoms with van der Waals surface area (Å²) in [6, 6.07) is 4.32. The number of carbonyl (C=O) groups is 1. The van der Waals surface area contributed by atoms with E-state index in [0.717, 1.165) is 18.5 Å². The molecule has 0 bridgehead atoms. The van der Waals surface area contributed by atoms with Crippen LogP contribution in [0.3, 0.4) is 0 Å². The summed E-state index contributed by atoms with van der Waals surface area (Å²) in [6.45, 7) is 7.06. The van der Waals surface area contributed by atoms with Crippen molar-refractivity contribution in [2.24, 2.45) is 0 Å². The second-order valence-electron chi connectivity index (χ2n) is 4.49. The topological polar surface area (TPSA) is 29.1 Å². The van der Waals surface area contributed by atoms with Crippen LogP contribution in [0.1, 0.15) is 28.7 Å². The molecule has 1 heterocycles. The molecule has 1 aromatic carbocycles. The molecule has 1 aliphatic heterocycles. The van der Waals surface area contributed by atoms with Gasteiger partial charge in [-0.1, -0.05) is 17.7 Å². The van der Waals surface area contributed by atoms with Crippen LogP contribution in [0.15, 0.2) is 17.7 Å². The largest absolute Gasteiger partial charge is 0.352 e. The second kappa shape index (κ2) is 4.12. The predicted octanol–water partition coefficient (Wildman–Crippen LogP) is 2.52. The Morgan fingerprint density at radius 1 is 1.19 bits per heavy atom. The molecular weight excluding hydrogens is 198 g/mol. The van der Waals surface area contributed by atoms with E-state index in [0.29, 0.717) is 0 Å². The quantitative estimate of drug-likeness (QED) is 0.716. The van der Waals surface area contributed by atoms with E-state index in [4.69, 9.17) is 0 Å². The zero-order valence-electron chi connectivity index (χ0n) is 10.1. The summed E-state index contributed by atoms with van der Waals surface area (Å²) in [5, 5.41) is 2.83. The van der Waals surface area contributed by atoms with Crippen LogP contribution in [0.4, 0.5) is 0 Å². The molecule has 1 fully saturated rings. The number of hydrogen-bond donors (Lipinski definition) is 1. The van der Waals surface area contributed by atoms with Crippen molar-refractivity contribution < 1.29 is 4.79 Å². The fraction of sp³-hybridized carbons (Fsp3) is 0.357. The van der Waals surface area contributed by atoms with E-state index in [1.165, 1.54) is 22.3 Å². The lowest BCUT2D eigenvalue weighted by Crippen LogP contribution is -2.14. The van der Waals surface area contributed by atoms with Crippen LogP contribution < -0.4 is 5.32 Å². The van der Waals surface area contributed by atoms with Crippen molar-refractivity contribution in [1.29, 1.82) is 0 Å². The minimum atomic E-state index is 0.0828. The summed E-state index contributed by atoms with van der Waals surface area (Å²) in [4.78, 5) is 11.5. The third kappa shape index (κ3) is 2.01. The molecule has 0 aromatic heterocycles. The van der Waals surface area contributed by atoms with E-state index in [2.05, 4.69) is 38.2 Å². The first-order valence-corrected chi connectivity index (χ1v) is 5.64. The predicted molar refractivity (Wildman–Crippen MR) is 66.3 cm³/mol. The zero-order chi connectivity index (χ0) is 11.7. The van der Waals surface area contributed by atoms with Crippen molar-refractivity contribution in [2.75, 3.05) is 6.54 Å². The van der Waals surface area contributed by atoms with E-state index >= 15 is 0 Å². The Morgan fingerprint density at radius 3 is 2.31 bits per heavy atom. The lowest BCUT2D eigenvalue weighted by atomic mass is 9.97. The smallest absolute Gasteiger partial charge is 0.247 e. The van der Waals surface area contributed by atoms with Crippen LogP contribution >= 0.6 is 0 Å². The van der Waals surface area contributed by atoms with Crippen LogP contribution in [0, 0.1) is 20.8 Å². The molecule has 16 heavy (non-hydrogen) atoms. The van der Waals surface area contributed by atoms with Crippen molar-refractivity contribution in [3.05, 3.63) is 40.0 Å². The van der Waals surface area contributed by atoms with E-state index in [-0.39, 0.29) is 5.91 Å². The fourth-order valence-electron chi connectivity index (χ4n) is 2.27. The van der Waals surface area contributed by atoms with Crippen LogP contribution in [-0.2, 0) is 4.79 Å². The molecule has 0 unspecified atom stereocenters. The number of carbonyl (C=O) groups excluding carboxylic acids is 1. The standard InChI is InChI=1S/C14H17NO/c1-9-6-10(2)13(11(3)7-9)8-12-4-5-15-14(12)16/h6-8H,4-5H2,1-3H3,(H,15,16)/b12-8-. The number of hydrogen-bond acceptors (Lipinski definition) is 1. The van der Waals surface area contributed by atoms with Gasteiger partial charge in [0, 0.05) is 12.1 Å². The van der Waals surface area contributed by atoms with Gasteiger partial charge in [0.05, 0.1) is 0 Å². The van der Waals surface area contributed by atoms with Gasteiger partial charge in [-0.2, -0.15) is 0 Å². The zero-order valence-corrected chi connectivity index (χ0v) is 10.1. The van der Waals surface area contributed by atoms with Crippen LogP contribution in [0.25, 0.3) is 6.08 Å². The molecule has 0 radical (unpaired) electrons. The lowest BCUT2D eigenvalue weighted by Gasteiger charge is -2.07. The van der Waals surface area contributed by atoms with Crippen LogP contribution in [0.5, 0.6) is 0 Å². The lowest BCUT2D eigenvalue weighted by molar-refractivity contribution is -0.116. The first kappa shape index (κ1) is 10.9. The summed E-state index contributed by atoms with van der Waals surface area (Å²) < 4.78 is 0. The Morgan fingerprint density at radius 2 is 1.81 bits per heavy atom. The van der Waals surface area contributed by atoms with Crippen LogP contribution in [0.2, 0.25) is 0 Å². The van der Waals surface area contributed by atoms with E-state index < -0.39 is 0 Å². The number of aryl methyl sites for hydroxylation is 3. The molecule has 84 valence electrons. The average molecular weight is 215 g/mol. The monoisotopic (exact) mass is 215 g/mol. The molecular formula is C14H17NO. The number of benzene rings is 1. The molecule has 2 nitrogen and oxygen atoms in total. The summed E-state index contributed by atoms with van der Waals surface area (Å²) in [7, 11) is 0. The maximum atomic E-state index is 11.5. The van der Waals surface area contributed by atoms with E-state index in [1.54, 1.807) is 0 Å². The maximum Gasteiger partial charge on any atom is 0.247 e.